The van der Waals surface area contributed by atoms with Gasteiger partial charge in [-0.3, -0.25) is 4.79 Å². The van der Waals surface area contributed by atoms with Gasteiger partial charge in [0.1, 0.15) is 0 Å². The SMILES string of the molecule is CC(=O)c1ccc(NC(=O)N(C)C(C)C)cc1. The van der Waals surface area contributed by atoms with Crippen LogP contribution in [-0.2, 0) is 0 Å². The highest BCUT2D eigenvalue weighted by atomic mass is 16.2. The molecule has 0 heterocycles. The zero-order valence-corrected chi connectivity index (χ0v) is 10.7. The molecule has 0 aromatic heterocycles. The number of amides is 2. The van der Waals surface area contributed by atoms with E-state index in [4.69, 9.17) is 0 Å². The predicted molar refractivity (Wildman–Crippen MR) is 68.4 cm³/mol. The first kappa shape index (κ1) is 13.2. The van der Waals surface area contributed by atoms with Gasteiger partial charge in [-0.1, -0.05) is 0 Å². The van der Waals surface area contributed by atoms with Crippen molar-refractivity contribution in [3.63, 3.8) is 0 Å². The summed E-state index contributed by atoms with van der Waals surface area (Å²) in [5.74, 6) is 0.0159. The van der Waals surface area contributed by atoms with Crippen molar-refractivity contribution in [2.45, 2.75) is 26.8 Å². The molecule has 0 saturated carbocycles. The van der Waals surface area contributed by atoms with Crippen molar-refractivity contribution in [3.05, 3.63) is 29.8 Å². The molecule has 0 spiro atoms. The first-order valence-electron chi connectivity index (χ1n) is 5.56. The molecule has 0 aliphatic rings. The Morgan fingerprint density at radius 3 is 2.12 bits per heavy atom. The summed E-state index contributed by atoms with van der Waals surface area (Å²) >= 11 is 0. The molecular formula is C13H18N2O2. The minimum Gasteiger partial charge on any atom is -0.325 e. The minimum absolute atomic E-state index is 0.0159. The van der Waals surface area contributed by atoms with Gasteiger partial charge in [0, 0.05) is 24.3 Å². The van der Waals surface area contributed by atoms with E-state index in [0.717, 1.165) is 0 Å². The second kappa shape index (κ2) is 5.48. The third-order valence-electron chi connectivity index (χ3n) is 2.64. The van der Waals surface area contributed by atoms with Gasteiger partial charge in [0.2, 0.25) is 0 Å². The first-order valence-corrected chi connectivity index (χ1v) is 5.56. The van der Waals surface area contributed by atoms with Gasteiger partial charge in [-0.2, -0.15) is 0 Å². The highest BCUT2D eigenvalue weighted by Gasteiger charge is 2.11. The Hall–Kier alpha value is -1.84. The fourth-order valence-electron chi connectivity index (χ4n) is 1.23. The van der Waals surface area contributed by atoms with Crippen molar-refractivity contribution in [1.29, 1.82) is 0 Å². The summed E-state index contributed by atoms with van der Waals surface area (Å²) < 4.78 is 0. The van der Waals surface area contributed by atoms with Crippen LogP contribution >= 0.6 is 0 Å². The molecule has 4 nitrogen and oxygen atoms in total. The molecule has 4 heteroatoms. The van der Waals surface area contributed by atoms with Crippen molar-refractivity contribution in [3.8, 4) is 0 Å². The Bertz CT molecular complexity index is 410. The van der Waals surface area contributed by atoms with E-state index in [-0.39, 0.29) is 17.9 Å². The average molecular weight is 234 g/mol. The maximum atomic E-state index is 11.7. The van der Waals surface area contributed by atoms with Crippen LogP contribution in [0.25, 0.3) is 0 Å². The molecule has 0 fully saturated rings. The molecule has 17 heavy (non-hydrogen) atoms. The monoisotopic (exact) mass is 234 g/mol. The van der Waals surface area contributed by atoms with E-state index in [9.17, 15) is 9.59 Å². The highest BCUT2D eigenvalue weighted by molar-refractivity contribution is 5.95. The summed E-state index contributed by atoms with van der Waals surface area (Å²) in [4.78, 5) is 24.4. The van der Waals surface area contributed by atoms with Crippen LogP contribution in [0.4, 0.5) is 10.5 Å². The molecular weight excluding hydrogens is 216 g/mol. The number of carbonyl (C=O) groups excluding carboxylic acids is 2. The van der Waals surface area contributed by atoms with Gasteiger partial charge in [0.25, 0.3) is 0 Å². The van der Waals surface area contributed by atoms with Crippen LogP contribution in [0.1, 0.15) is 31.1 Å². The van der Waals surface area contributed by atoms with Crippen LogP contribution in [0.5, 0.6) is 0 Å². The third-order valence-corrected chi connectivity index (χ3v) is 2.64. The number of hydrogen-bond acceptors (Lipinski definition) is 2. The quantitative estimate of drug-likeness (QED) is 0.817. The van der Waals surface area contributed by atoms with E-state index >= 15 is 0 Å². The lowest BCUT2D eigenvalue weighted by atomic mass is 10.1. The smallest absolute Gasteiger partial charge is 0.321 e. The van der Waals surface area contributed by atoms with Crippen molar-refractivity contribution in [2.75, 3.05) is 12.4 Å². The van der Waals surface area contributed by atoms with Crippen molar-refractivity contribution < 1.29 is 9.59 Å². The van der Waals surface area contributed by atoms with Gasteiger partial charge in [-0.15, -0.1) is 0 Å². The summed E-state index contributed by atoms with van der Waals surface area (Å²) in [6.07, 6.45) is 0. The number of rotatable bonds is 3. The van der Waals surface area contributed by atoms with Crippen LogP contribution in [-0.4, -0.2) is 29.8 Å². The summed E-state index contributed by atoms with van der Waals surface area (Å²) in [5, 5.41) is 2.76. The topological polar surface area (TPSA) is 49.4 Å². The first-order chi connectivity index (χ1) is 7.91. The lowest BCUT2D eigenvalue weighted by Crippen LogP contribution is -2.36. The molecule has 92 valence electrons. The van der Waals surface area contributed by atoms with E-state index in [1.807, 2.05) is 13.8 Å². The summed E-state index contributed by atoms with van der Waals surface area (Å²) in [7, 11) is 1.74. The molecule has 0 unspecified atom stereocenters. The standard InChI is InChI=1S/C13H18N2O2/c1-9(2)15(4)13(17)14-12-7-5-11(6-8-12)10(3)16/h5-9H,1-4H3,(H,14,17). The lowest BCUT2D eigenvalue weighted by molar-refractivity contribution is 0.101. The van der Waals surface area contributed by atoms with E-state index in [0.29, 0.717) is 11.3 Å². The number of carbonyl (C=O) groups is 2. The molecule has 0 saturated heterocycles. The summed E-state index contributed by atoms with van der Waals surface area (Å²) in [6, 6.07) is 6.84. The number of nitrogens with one attached hydrogen (secondary N) is 1. The molecule has 0 radical (unpaired) electrons. The molecule has 0 bridgehead atoms. The second-order valence-electron chi connectivity index (χ2n) is 4.27. The third kappa shape index (κ3) is 3.59. The Labute approximate surface area is 102 Å². The Kier molecular flexibility index (Phi) is 4.26. The maximum absolute atomic E-state index is 11.7. The number of Topliss-reactive ketones (excluding diaryl/α,β-unsaturated/α-hetero) is 1. The predicted octanol–water partition coefficient (Wildman–Crippen LogP) is 2.76. The van der Waals surface area contributed by atoms with Gasteiger partial charge in [0.15, 0.2) is 5.78 Å². The molecule has 1 rings (SSSR count). The molecule has 1 N–H and O–H groups in total. The van der Waals surface area contributed by atoms with Crippen LogP contribution in [0, 0.1) is 0 Å². The lowest BCUT2D eigenvalue weighted by Gasteiger charge is -2.21. The van der Waals surface area contributed by atoms with Gasteiger partial charge in [0.05, 0.1) is 0 Å². The Morgan fingerprint density at radius 2 is 1.71 bits per heavy atom. The zero-order chi connectivity index (χ0) is 13.0. The normalized spacial score (nSPS) is 10.2. The largest absolute Gasteiger partial charge is 0.325 e. The number of anilines is 1. The fourth-order valence-corrected chi connectivity index (χ4v) is 1.23. The molecule has 0 atom stereocenters. The highest BCUT2D eigenvalue weighted by Crippen LogP contribution is 2.11. The number of ketones is 1. The van der Waals surface area contributed by atoms with Crippen molar-refractivity contribution in [2.24, 2.45) is 0 Å². The zero-order valence-electron chi connectivity index (χ0n) is 10.7. The molecule has 0 aliphatic carbocycles. The van der Waals surface area contributed by atoms with Crippen LogP contribution in [0.2, 0.25) is 0 Å². The molecule has 2 amide bonds. The van der Waals surface area contributed by atoms with Crippen LogP contribution in [0.15, 0.2) is 24.3 Å². The second-order valence-corrected chi connectivity index (χ2v) is 4.27. The van der Waals surface area contributed by atoms with E-state index in [2.05, 4.69) is 5.32 Å². The van der Waals surface area contributed by atoms with Gasteiger partial charge in [-0.05, 0) is 45.0 Å². The van der Waals surface area contributed by atoms with Crippen molar-refractivity contribution in [1.82, 2.24) is 4.90 Å². The van der Waals surface area contributed by atoms with E-state index in [1.54, 1.807) is 36.2 Å². The fraction of sp³-hybridized carbons (Fsp3) is 0.385. The summed E-state index contributed by atoms with van der Waals surface area (Å²) in [6.45, 7) is 5.40. The molecule has 1 aromatic rings. The van der Waals surface area contributed by atoms with Gasteiger partial charge < -0.3 is 10.2 Å². The van der Waals surface area contributed by atoms with E-state index < -0.39 is 0 Å². The number of hydrogen-bond donors (Lipinski definition) is 1. The van der Waals surface area contributed by atoms with Gasteiger partial charge >= 0.3 is 6.03 Å². The van der Waals surface area contributed by atoms with E-state index in [1.165, 1.54) is 6.92 Å². The molecule has 0 aliphatic heterocycles. The Balaban J connectivity index is 2.70. The molecule has 1 aromatic carbocycles. The average Bonchev–Trinajstić information content (AvgIpc) is 2.28. The van der Waals surface area contributed by atoms with Gasteiger partial charge in [-0.25, -0.2) is 4.79 Å². The summed E-state index contributed by atoms with van der Waals surface area (Å²) in [5.41, 5.74) is 1.33. The number of urea groups is 1. The minimum atomic E-state index is -0.157. The van der Waals surface area contributed by atoms with Crippen LogP contribution in [0.3, 0.4) is 0 Å². The maximum Gasteiger partial charge on any atom is 0.321 e. The Morgan fingerprint density at radius 1 is 1.18 bits per heavy atom. The number of benzene rings is 1. The van der Waals surface area contributed by atoms with Crippen molar-refractivity contribution >= 4 is 17.5 Å². The van der Waals surface area contributed by atoms with Crippen LogP contribution < -0.4 is 5.32 Å². The number of nitrogens with zero attached hydrogens (tertiary/aromatic N) is 1.